The highest BCUT2D eigenvalue weighted by molar-refractivity contribution is 7.18. The zero-order chi connectivity index (χ0) is 12.4. The highest BCUT2D eigenvalue weighted by Gasteiger charge is 2.09. The molecule has 0 atom stereocenters. The van der Waals surface area contributed by atoms with Crippen LogP contribution in [0.3, 0.4) is 0 Å². The van der Waals surface area contributed by atoms with Crippen LogP contribution in [0, 0.1) is 13.8 Å². The lowest BCUT2D eigenvalue weighted by atomic mass is 10.1. The minimum atomic E-state index is -0.119. The fourth-order valence-corrected chi connectivity index (χ4v) is 2.61. The number of rotatable bonds is 2. The Hall–Kier alpha value is -1.32. The van der Waals surface area contributed by atoms with E-state index < -0.39 is 0 Å². The van der Waals surface area contributed by atoms with E-state index in [9.17, 15) is 4.79 Å². The summed E-state index contributed by atoms with van der Waals surface area (Å²) in [5.41, 5.74) is 3.08. The molecule has 2 aromatic rings. The lowest BCUT2D eigenvalue weighted by molar-refractivity contribution is 0.103. The van der Waals surface area contributed by atoms with Crippen molar-refractivity contribution in [3.05, 3.63) is 50.7 Å². The number of anilines is 1. The third-order valence-electron chi connectivity index (χ3n) is 2.28. The lowest BCUT2D eigenvalue weighted by Gasteiger charge is -2.06. The number of carbonyl (C=O) groups is 1. The molecule has 0 saturated heterocycles. The monoisotopic (exact) mass is 265 g/mol. The van der Waals surface area contributed by atoms with Gasteiger partial charge >= 0.3 is 0 Å². The summed E-state index contributed by atoms with van der Waals surface area (Å²) in [7, 11) is 0. The Labute approximate surface area is 109 Å². The minimum Gasteiger partial charge on any atom is -0.321 e. The summed E-state index contributed by atoms with van der Waals surface area (Å²) in [6, 6.07) is 9.41. The van der Waals surface area contributed by atoms with Gasteiger partial charge in [-0.25, -0.2) is 0 Å². The summed E-state index contributed by atoms with van der Waals surface area (Å²) in [6.07, 6.45) is 0. The van der Waals surface area contributed by atoms with E-state index in [2.05, 4.69) is 11.4 Å². The Balaban J connectivity index is 2.18. The number of hydrogen-bond acceptors (Lipinski definition) is 2. The average molecular weight is 266 g/mol. The molecule has 0 fully saturated rings. The van der Waals surface area contributed by atoms with Gasteiger partial charge in [-0.2, -0.15) is 0 Å². The Morgan fingerprint density at radius 1 is 1.18 bits per heavy atom. The first-order chi connectivity index (χ1) is 8.04. The average Bonchev–Trinajstić information content (AvgIpc) is 2.63. The molecule has 2 rings (SSSR count). The normalized spacial score (nSPS) is 10.3. The molecule has 0 saturated carbocycles. The van der Waals surface area contributed by atoms with Crippen molar-refractivity contribution in [1.29, 1.82) is 0 Å². The van der Waals surface area contributed by atoms with Gasteiger partial charge in [0.15, 0.2) is 0 Å². The minimum absolute atomic E-state index is 0.119. The first kappa shape index (κ1) is 12.1. The zero-order valence-electron chi connectivity index (χ0n) is 9.58. The van der Waals surface area contributed by atoms with Gasteiger partial charge in [0.25, 0.3) is 5.91 Å². The summed E-state index contributed by atoms with van der Waals surface area (Å²) < 4.78 is 0.621. The molecular formula is C13H12ClNOS. The van der Waals surface area contributed by atoms with Crippen LogP contribution in [0.2, 0.25) is 4.34 Å². The summed E-state index contributed by atoms with van der Waals surface area (Å²) in [6.45, 7) is 4.01. The van der Waals surface area contributed by atoms with Gasteiger partial charge in [0.1, 0.15) is 0 Å². The standard InChI is InChI=1S/C13H12ClNOS/c1-8-5-9(2)7-10(6-8)15-13(16)11-3-4-12(14)17-11/h3-7H,1-2H3,(H,15,16). The van der Waals surface area contributed by atoms with Crippen LogP contribution in [0.1, 0.15) is 20.8 Å². The third-order valence-corrected chi connectivity index (χ3v) is 3.51. The van der Waals surface area contributed by atoms with E-state index in [1.54, 1.807) is 12.1 Å². The van der Waals surface area contributed by atoms with E-state index in [-0.39, 0.29) is 5.91 Å². The quantitative estimate of drug-likeness (QED) is 0.863. The van der Waals surface area contributed by atoms with Gasteiger partial charge in [-0.3, -0.25) is 4.79 Å². The number of thiophene rings is 1. The van der Waals surface area contributed by atoms with E-state index in [1.165, 1.54) is 11.3 Å². The maximum absolute atomic E-state index is 11.9. The van der Waals surface area contributed by atoms with E-state index in [0.717, 1.165) is 16.8 Å². The predicted octanol–water partition coefficient (Wildman–Crippen LogP) is 4.27. The number of hydrogen-bond donors (Lipinski definition) is 1. The van der Waals surface area contributed by atoms with Crippen LogP contribution in [-0.2, 0) is 0 Å². The van der Waals surface area contributed by atoms with Gasteiger partial charge < -0.3 is 5.32 Å². The maximum atomic E-state index is 11.9. The van der Waals surface area contributed by atoms with Crippen molar-refractivity contribution in [2.24, 2.45) is 0 Å². The first-order valence-electron chi connectivity index (χ1n) is 5.19. The molecule has 88 valence electrons. The molecule has 0 aliphatic carbocycles. The Morgan fingerprint density at radius 3 is 2.35 bits per heavy atom. The van der Waals surface area contributed by atoms with Crippen LogP contribution in [0.5, 0.6) is 0 Å². The number of carbonyl (C=O) groups excluding carboxylic acids is 1. The van der Waals surface area contributed by atoms with E-state index in [4.69, 9.17) is 11.6 Å². The Bertz CT molecular complexity index is 542. The largest absolute Gasteiger partial charge is 0.321 e. The van der Waals surface area contributed by atoms with Crippen molar-refractivity contribution in [1.82, 2.24) is 0 Å². The van der Waals surface area contributed by atoms with Gasteiger partial charge in [-0.05, 0) is 49.2 Å². The van der Waals surface area contributed by atoms with Crippen molar-refractivity contribution in [3.63, 3.8) is 0 Å². The van der Waals surface area contributed by atoms with Crippen molar-refractivity contribution >= 4 is 34.5 Å². The van der Waals surface area contributed by atoms with Crippen LogP contribution in [0.15, 0.2) is 30.3 Å². The number of nitrogens with one attached hydrogen (secondary N) is 1. The highest BCUT2D eigenvalue weighted by atomic mass is 35.5. The molecule has 4 heteroatoms. The van der Waals surface area contributed by atoms with Crippen molar-refractivity contribution in [3.8, 4) is 0 Å². The smallest absolute Gasteiger partial charge is 0.265 e. The van der Waals surface area contributed by atoms with Crippen molar-refractivity contribution in [2.45, 2.75) is 13.8 Å². The van der Waals surface area contributed by atoms with Crippen LogP contribution in [0.4, 0.5) is 5.69 Å². The molecule has 0 aliphatic rings. The predicted molar refractivity (Wildman–Crippen MR) is 73.2 cm³/mol. The zero-order valence-corrected chi connectivity index (χ0v) is 11.2. The second kappa shape index (κ2) is 4.90. The van der Waals surface area contributed by atoms with Crippen molar-refractivity contribution < 1.29 is 4.79 Å². The first-order valence-corrected chi connectivity index (χ1v) is 6.39. The fourth-order valence-electron chi connectivity index (χ4n) is 1.68. The van der Waals surface area contributed by atoms with Gasteiger partial charge in [0.05, 0.1) is 9.21 Å². The molecule has 1 aromatic heterocycles. The molecule has 0 radical (unpaired) electrons. The second-order valence-corrected chi connectivity index (χ2v) is 5.65. The van der Waals surface area contributed by atoms with Gasteiger partial charge in [0, 0.05) is 5.69 Å². The number of benzene rings is 1. The Morgan fingerprint density at radius 2 is 1.82 bits per heavy atom. The molecule has 1 amide bonds. The molecule has 0 unspecified atom stereocenters. The highest BCUT2D eigenvalue weighted by Crippen LogP contribution is 2.23. The summed E-state index contributed by atoms with van der Waals surface area (Å²) >= 11 is 7.07. The van der Waals surface area contributed by atoms with Gasteiger partial charge in [0.2, 0.25) is 0 Å². The third kappa shape index (κ3) is 3.08. The summed E-state index contributed by atoms with van der Waals surface area (Å²) in [5.74, 6) is -0.119. The molecule has 1 N–H and O–H groups in total. The second-order valence-electron chi connectivity index (χ2n) is 3.93. The SMILES string of the molecule is Cc1cc(C)cc(NC(=O)c2ccc(Cl)s2)c1. The van der Waals surface area contributed by atoms with E-state index in [0.29, 0.717) is 9.21 Å². The molecule has 1 heterocycles. The number of amides is 1. The Kier molecular flexibility index (Phi) is 3.50. The molecule has 2 nitrogen and oxygen atoms in total. The summed E-state index contributed by atoms with van der Waals surface area (Å²) in [4.78, 5) is 12.5. The molecule has 17 heavy (non-hydrogen) atoms. The van der Waals surface area contributed by atoms with E-state index >= 15 is 0 Å². The maximum Gasteiger partial charge on any atom is 0.265 e. The van der Waals surface area contributed by atoms with Gasteiger partial charge in [-0.15, -0.1) is 11.3 Å². The summed E-state index contributed by atoms with van der Waals surface area (Å²) in [5, 5.41) is 2.87. The lowest BCUT2D eigenvalue weighted by Crippen LogP contribution is -2.10. The van der Waals surface area contributed by atoms with Crippen LogP contribution in [0.25, 0.3) is 0 Å². The van der Waals surface area contributed by atoms with Crippen LogP contribution >= 0.6 is 22.9 Å². The fraction of sp³-hybridized carbons (Fsp3) is 0.154. The molecular weight excluding hydrogens is 254 g/mol. The van der Waals surface area contributed by atoms with Crippen molar-refractivity contribution in [2.75, 3.05) is 5.32 Å². The molecule has 0 spiro atoms. The van der Waals surface area contributed by atoms with Crippen LogP contribution < -0.4 is 5.32 Å². The number of halogens is 1. The van der Waals surface area contributed by atoms with Crippen LogP contribution in [-0.4, -0.2) is 5.91 Å². The molecule has 1 aromatic carbocycles. The number of aryl methyl sites for hydroxylation is 2. The van der Waals surface area contributed by atoms with E-state index in [1.807, 2.05) is 26.0 Å². The molecule has 0 bridgehead atoms. The molecule has 0 aliphatic heterocycles. The topological polar surface area (TPSA) is 29.1 Å². The van der Waals surface area contributed by atoms with Gasteiger partial charge in [-0.1, -0.05) is 17.7 Å².